The van der Waals surface area contributed by atoms with Crippen LogP contribution in [0.15, 0.2) is 107 Å². The standard InChI is InChI=1S/C27H16F3NO7S/c28-27(29,30)39(34,35)38-31-25(32)21-13-11-19(36-17-7-3-1-4-8-17)15-23(21)24-16-20(12-14-22(24)26(31)33)37-18-9-5-2-6-10-18/h1-16H. The van der Waals surface area contributed by atoms with Gasteiger partial charge in [0.05, 0.1) is 10.8 Å². The van der Waals surface area contributed by atoms with Gasteiger partial charge in [-0.25, -0.2) is 0 Å². The molecule has 0 bridgehead atoms. The van der Waals surface area contributed by atoms with Crippen LogP contribution in [0.3, 0.4) is 0 Å². The molecule has 0 radical (unpaired) electrons. The number of rotatable bonds is 6. The lowest BCUT2D eigenvalue weighted by Gasteiger charge is -2.08. The number of hydrogen-bond acceptors (Lipinski definition) is 7. The Labute approximate surface area is 218 Å². The number of hydrogen-bond donors (Lipinski definition) is 0. The van der Waals surface area contributed by atoms with Crippen LogP contribution >= 0.6 is 0 Å². The molecule has 1 heterocycles. The highest BCUT2D eigenvalue weighted by Gasteiger charge is 2.49. The van der Waals surface area contributed by atoms with Crippen LogP contribution in [-0.2, 0) is 10.1 Å². The molecule has 0 unspecified atom stereocenters. The number of aromatic nitrogens is 1. The van der Waals surface area contributed by atoms with Crippen molar-refractivity contribution in [2.75, 3.05) is 0 Å². The lowest BCUT2D eigenvalue weighted by Crippen LogP contribution is -2.43. The molecule has 0 amide bonds. The van der Waals surface area contributed by atoms with Gasteiger partial charge in [0.15, 0.2) is 0 Å². The van der Waals surface area contributed by atoms with Crippen LogP contribution in [0.25, 0.3) is 21.5 Å². The second-order valence-corrected chi connectivity index (χ2v) is 9.64. The number of halogens is 3. The maximum absolute atomic E-state index is 13.2. The molecular weight excluding hydrogens is 539 g/mol. The zero-order valence-electron chi connectivity index (χ0n) is 19.6. The van der Waals surface area contributed by atoms with E-state index < -0.39 is 31.5 Å². The van der Waals surface area contributed by atoms with Gasteiger partial charge in [-0.1, -0.05) is 41.1 Å². The molecule has 0 atom stereocenters. The second kappa shape index (κ2) is 9.80. The van der Waals surface area contributed by atoms with Crippen LogP contribution in [0.4, 0.5) is 13.2 Å². The Balaban J connectivity index is 1.79. The van der Waals surface area contributed by atoms with Gasteiger partial charge in [0, 0.05) is 0 Å². The van der Waals surface area contributed by atoms with E-state index in [2.05, 4.69) is 4.28 Å². The molecule has 0 spiro atoms. The molecule has 1 aromatic heterocycles. The summed E-state index contributed by atoms with van der Waals surface area (Å²) >= 11 is 0. The molecule has 39 heavy (non-hydrogen) atoms. The van der Waals surface area contributed by atoms with E-state index in [0.717, 1.165) is 0 Å². The third kappa shape index (κ3) is 5.14. The maximum atomic E-state index is 13.2. The highest BCUT2D eigenvalue weighted by molar-refractivity contribution is 7.87. The minimum absolute atomic E-state index is 0.0748. The predicted octanol–water partition coefficient (Wildman–Crippen LogP) is 5.38. The predicted molar refractivity (Wildman–Crippen MR) is 137 cm³/mol. The van der Waals surface area contributed by atoms with Crippen molar-refractivity contribution in [2.45, 2.75) is 5.51 Å². The summed E-state index contributed by atoms with van der Waals surface area (Å²) < 4.78 is 77.9. The largest absolute Gasteiger partial charge is 0.536 e. The zero-order valence-corrected chi connectivity index (χ0v) is 20.4. The third-order valence-corrected chi connectivity index (χ3v) is 6.43. The molecule has 0 fully saturated rings. The molecule has 0 saturated carbocycles. The summed E-state index contributed by atoms with van der Waals surface area (Å²) in [5.74, 6) is 1.38. The molecule has 0 aliphatic heterocycles. The van der Waals surface area contributed by atoms with Crippen molar-refractivity contribution in [3.63, 3.8) is 0 Å². The monoisotopic (exact) mass is 555 g/mol. The Morgan fingerprint density at radius 3 is 1.36 bits per heavy atom. The fourth-order valence-corrected chi connectivity index (χ4v) is 4.18. The van der Waals surface area contributed by atoms with Gasteiger partial charge in [-0.05, 0) is 71.4 Å². The number of ether oxygens (including phenoxy) is 2. The van der Waals surface area contributed by atoms with Gasteiger partial charge in [0.2, 0.25) is 0 Å². The molecule has 0 saturated heterocycles. The van der Waals surface area contributed by atoms with E-state index in [-0.39, 0.29) is 33.0 Å². The summed E-state index contributed by atoms with van der Waals surface area (Å²) in [7, 11) is -6.35. The van der Waals surface area contributed by atoms with Crippen molar-refractivity contribution in [3.05, 3.63) is 118 Å². The first-order valence-electron chi connectivity index (χ1n) is 11.2. The molecule has 4 aromatic carbocycles. The number of para-hydroxylation sites is 2. The van der Waals surface area contributed by atoms with Crippen LogP contribution in [0, 0.1) is 0 Å². The van der Waals surface area contributed by atoms with Gasteiger partial charge in [-0.3, -0.25) is 13.9 Å². The van der Waals surface area contributed by atoms with Crippen molar-refractivity contribution >= 4 is 31.7 Å². The summed E-state index contributed by atoms with van der Waals surface area (Å²) in [4.78, 5) is 26.5. The first-order valence-corrected chi connectivity index (χ1v) is 12.6. The van der Waals surface area contributed by atoms with Crippen LogP contribution in [-0.4, -0.2) is 18.7 Å². The minimum Gasteiger partial charge on any atom is -0.457 e. The molecular formula is C27H16F3NO7S. The minimum atomic E-state index is -6.35. The summed E-state index contributed by atoms with van der Waals surface area (Å²) in [6.07, 6.45) is 0. The van der Waals surface area contributed by atoms with Crippen molar-refractivity contribution in [1.29, 1.82) is 0 Å². The smallest absolute Gasteiger partial charge is 0.457 e. The fourth-order valence-electron chi connectivity index (χ4n) is 3.76. The molecule has 0 aliphatic rings. The van der Waals surface area contributed by atoms with Gasteiger partial charge in [0.1, 0.15) is 23.0 Å². The third-order valence-electron chi connectivity index (χ3n) is 5.52. The molecule has 12 heteroatoms. The van der Waals surface area contributed by atoms with Crippen molar-refractivity contribution in [3.8, 4) is 23.0 Å². The second-order valence-electron chi connectivity index (χ2n) is 8.12. The van der Waals surface area contributed by atoms with E-state index in [0.29, 0.717) is 11.5 Å². The molecule has 8 nitrogen and oxygen atoms in total. The SMILES string of the molecule is O=c1c2ccc(Oc3ccccc3)cc2c2cc(Oc3ccccc3)ccc2c(=O)n1OS(=O)(=O)C(F)(F)F. The van der Waals surface area contributed by atoms with E-state index in [1.807, 2.05) is 0 Å². The highest BCUT2D eigenvalue weighted by Crippen LogP contribution is 2.31. The molecule has 5 rings (SSSR count). The Bertz CT molecular complexity index is 1810. The number of benzene rings is 4. The molecule has 0 aliphatic carbocycles. The Morgan fingerprint density at radius 1 is 0.564 bits per heavy atom. The number of nitrogens with zero attached hydrogens (tertiary/aromatic N) is 1. The number of fused-ring (bicyclic) bond motifs is 3. The Hall–Kier alpha value is -4.84. The van der Waals surface area contributed by atoms with Gasteiger partial charge < -0.3 is 9.47 Å². The average molecular weight is 555 g/mol. The van der Waals surface area contributed by atoms with E-state index in [4.69, 9.17) is 9.47 Å². The summed E-state index contributed by atoms with van der Waals surface area (Å²) in [6.45, 7) is 0. The topological polar surface area (TPSA) is 101 Å². The molecule has 5 aromatic rings. The average Bonchev–Trinajstić information content (AvgIpc) is 2.98. The first kappa shape index (κ1) is 25.8. The van der Waals surface area contributed by atoms with Crippen molar-refractivity contribution in [2.24, 2.45) is 0 Å². The Morgan fingerprint density at radius 2 is 0.974 bits per heavy atom. The molecule has 198 valence electrons. The van der Waals surface area contributed by atoms with Gasteiger partial charge in [0.25, 0.3) is 11.1 Å². The van der Waals surface area contributed by atoms with Crippen molar-refractivity contribution < 1.29 is 35.3 Å². The van der Waals surface area contributed by atoms with Crippen molar-refractivity contribution in [1.82, 2.24) is 4.73 Å². The van der Waals surface area contributed by atoms with Gasteiger partial charge in [-0.15, -0.1) is 0 Å². The summed E-state index contributed by atoms with van der Waals surface area (Å²) in [5, 5.41) is -0.468. The lowest BCUT2D eigenvalue weighted by atomic mass is 10.1. The molecule has 0 N–H and O–H groups in total. The first-order chi connectivity index (χ1) is 18.5. The maximum Gasteiger partial charge on any atom is 0.536 e. The lowest BCUT2D eigenvalue weighted by molar-refractivity contribution is -0.0551. The van der Waals surface area contributed by atoms with Gasteiger partial charge in [-0.2, -0.15) is 21.6 Å². The zero-order chi connectivity index (χ0) is 27.8. The van der Waals surface area contributed by atoms with Crippen LogP contribution in [0.2, 0.25) is 0 Å². The summed E-state index contributed by atoms with van der Waals surface area (Å²) in [5.41, 5.74) is -8.72. The summed E-state index contributed by atoms with van der Waals surface area (Å²) in [6, 6.07) is 25.1. The van der Waals surface area contributed by atoms with E-state index in [1.54, 1.807) is 60.7 Å². The Kier molecular flexibility index (Phi) is 6.48. The fraction of sp³-hybridized carbons (Fsp3) is 0.0370. The number of alkyl halides is 3. The van der Waals surface area contributed by atoms with E-state index in [1.165, 1.54) is 36.4 Å². The highest BCUT2D eigenvalue weighted by atomic mass is 32.2. The van der Waals surface area contributed by atoms with E-state index in [9.17, 15) is 31.2 Å². The van der Waals surface area contributed by atoms with Crippen LogP contribution in [0.1, 0.15) is 0 Å². The van der Waals surface area contributed by atoms with Crippen LogP contribution < -0.4 is 24.9 Å². The van der Waals surface area contributed by atoms with Crippen LogP contribution in [0.5, 0.6) is 23.0 Å². The normalized spacial score (nSPS) is 11.9. The van der Waals surface area contributed by atoms with Gasteiger partial charge >= 0.3 is 15.6 Å². The van der Waals surface area contributed by atoms with E-state index >= 15 is 0 Å². The quantitative estimate of drug-likeness (QED) is 0.260.